The Kier molecular flexibility index (Phi) is 13.1. The first-order valence-electron chi connectivity index (χ1n) is 16.0. The van der Waals surface area contributed by atoms with E-state index in [0.29, 0.717) is 44.7 Å². The summed E-state index contributed by atoms with van der Waals surface area (Å²) in [7, 11) is 0. The summed E-state index contributed by atoms with van der Waals surface area (Å²) in [6, 6.07) is -0.499. The third-order valence-corrected chi connectivity index (χ3v) is 9.78. The summed E-state index contributed by atoms with van der Waals surface area (Å²) in [6.07, 6.45) is 10.1. The van der Waals surface area contributed by atoms with Crippen molar-refractivity contribution in [3.8, 4) is 0 Å². The fourth-order valence-electron chi connectivity index (χ4n) is 6.09. The van der Waals surface area contributed by atoms with Gasteiger partial charge in [0, 0.05) is 13.1 Å². The van der Waals surface area contributed by atoms with Crippen molar-refractivity contribution in [3.63, 3.8) is 0 Å². The number of rotatable bonds is 11. The number of amides is 5. The molecule has 250 valence electrons. The summed E-state index contributed by atoms with van der Waals surface area (Å²) in [5.74, 6) is -1.47. The average Bonchev–Trinajstić information content (AvgIpc) is 3.68. The smallest absolute Gasteiger partial charge is 0.316 e. The van der Waals surface area contributed by atoms with Crippen LogP contribution in [-0.2, 0) is 30.5 Å². The number of ketones is 1. The summed E-state index contributed by atoms with van der Waals surface area (Å²) in [5.41, 5.74) is 9.75. The van der Waals surface area contributed by atoms with Gasteiger partial charge >= 0.3 is 6.03 Å². The largest absolute Gasteiger partial charge is 0.363 e. The molecule has 5 amide bonds. The van der Waals surface area contributed by atoms with E-state index in [4.69, 9.17) is 11.5 Å². The molecule has 4 rings (SSSR count). The Morgan fingerprint density at radius 2 is 1.76 bits per heavy atom. The van der Waals surface area contributed by atoms with Crippen LogP contribution in [0.15, 0.2) is 16.8 Å². The van der Waals surface area contributed by atoms with Crippen LogP contribution in [0.3, 0.4) is 0 Å². The van der Waals surface area contributed by atoms with Gasteiger partial charge in [-0.2, -0.15) is 11.3 Å². The highest BCUT2D eigenvalue weighted by atomic mass is 32.1. The second-order valence-corrected chi connectivity index (χ2v) is 14.4. The zero-order valence-corrected chi connectivity index (χ0v) is 27.6. The molecule has 1 aromatic heterocycles. The van der Waals surface area contributed by atoms with E-state index >= 15 is 0 Å². The van der Waals surface area contributed by atoms with Gasteiger partial charge in [-0.25, -0.2) is 4.79 Å². The van der Waals surface area contributed by atoms with Gasteiger partial charge in [-0.05, 0) is 65.8 Å². The van der Waals surface area contributed by atoms with Gasteiger partial charge in [0.05, 0.1) is 12.1 Å². The zero-order chi connectivity index (χ0) is 33.2. The number of thiophene rings is 1. The highest BCUT2D eigenvalue weighted by Gasteiger charge is 2.44. The summed E-state index contributed by atoms with van der Waals surface area (Å²) < 4.78 is 0. The van der Waals surface area contributed by atoms with Crippen LogP contribution >= 0.6 is 11.3 Å². The molecular weight excluding hydrogens is 596 g/mol. The fraction of sp³-hybridized carbons (Fsp3) is 0.688. The lowest BCUT2D eigenvalue weighted by atomic mass is 9.80. The van der Waals surface area contributed by atoms with Crippen molar-refractivity contribution in [2.75, 3.05) is 6.54 Å². The van der Waals surface area contributed by atoms with E-state index in [2.05, 4.69) is 16.0 Å². The van der Waals surface area contributed by atoms with Gasteiger partial charge in [-0.15, -0.1) is 0 Å². The van der Waals surface area contributed by atoms with Gasteiger partial charge in [0.15, 0.2) is 0 Å². The first-order chi connectivity index (χ1) is 21.3. The molecule has 3 aliphatic rings. The van der Waals surface area contributed by atoms with Gasteiger partial charge in [0.1, 0.15) is 17.9 Å². The van der Waals surface area contributed by atoms with Crippen LogP contribution in [0.1, 0.15) is 97.0 Å². The Hall–Kier alpha value is -3.32. The van der Waals surface area contributed by atoms with Crippen molar-refractivity contribution < 1.29 is 28.8 Å². The molecule has 0 spiro atoms. The molecule has 1 aromatic rings. The molecule has 12 nitrogen and oxygen atoms in total. The fourth-order valence-corrected chi connectivity index (χ4v) is 6.76. The van der Waals surface area contributed by atoms with Gasteiger partial charge in [0.25, 0.3) is 5.91 Å². The van der Waals surface area contributed by atoms with E-state index in [9.17, 15) is 28.8 Å². The summed E-state index contributed by atoms with van der Waals surface area (Å²) in [4.78, 5) is 73.9. The van der Waals surface area contributed by atoms with Crippen molar-refractivity contribution in [2.45, 2.75) is 122 Å². The van der Waals surface area contributed by atoms with E-state index in [1.165, 1.54) is 6.42 Å². The zero-order valence-electron chi connectivity index (χ0n) is 26.8. The number of nitrogens with one attached hydrogen (secondary N) is 3. The lowest BCUT2D eigenvalue weighted by Crippen LogP contribution is -2.64. The number of urea groups is 1. The number of carbonyl (C=O) groups excluding carboxylic acids is 6. The Bertz CT molecular complexity index is 1190. The number of hydrogen-bond acceptors (Lipinski definition) is 8. The number of carbonyl (C=O) groups is 6. The molecule has 2 aliphatic carbocycles. The minimum Gasteiger partial charge on any atom is -0.363 e. The van der Waals surface area contributed by atoms with Crippen LogP contribution in [0.5, 0.6) is 0 Å². The first kappa shape index (κ1) is 36.2. The predicted molar refractivity (Wildman–Crippen MR) is 172 cm³/mol. The summed E-state index contributed by atoms with van der Waals surface area (Å²) in [5, 5.41) is 12.7. The lowest BCUT2D eigenvalue weighted by molar-refractivity contribution is -0.138. The third-order valence-electron chi connectivity index (χ3n) is 9.05. The number of nitrogens with zero attached hydrogens (tertiary/aromatic N) is 1. The van der Waals surface area contributed by atoms with Gasteiger partial charge in [0.2, 0.25) is 17.6 Å². The summed E-state index contributed by atoms with van der Waals surface area (Å²) in [6.45, 7) is 6.56. The molecule has 2 saturated carbocycles. The van der Waals surface area contributed by atoms with Crippen LogP contribution in [0.4, 0.5) is 4.79 Å². The first-order valence-corrected chi connectivity index (χ1v) is 16.9. The van der Waals surface area contributed by atoms with E-state index < -0.39 is 46.8 Å². The minimum atomic E-state index is -0.997. The summed E-state index contributed by atoms with van der Waals surface area (Å²) >= 11 is 1.57. The number of primary amides is 1. The monoisotopic (exact) mass is 646 g/mol. The number of likely N-dealkylation sites (tertiary alicyclic amines) is 1. The van der Waals surface area contributed by atoms with Crippen LogP contribution in [0.25, 0.3) is 0 Å². The molecule has 0 radical (unpaired) electrons. The predicted octanol–water partition coefficient (Wildman–Crippen LogP) is 2.53. The molecule has 1 aliphatic heterocycles. The maximum atomic E-state index is 13.3. The Labute approximate surface area is 269 Å². The van der Waals surface area contributed by atoms with Crippen LogP contribution in [0.2, 0.25) is 0 Å². The van der Waals surface area contributed by atoms with Crippen molar-refractivity contribution in [2.24, 2.45) is 22.8 Å². The Morgan fingerprint density at radius 1 is 1.07 bits per heavy atom. The molecule has 7 N–H and O–H groups in total. The number of Topliss-reactive ketones (excluding diaryl/α,β-unsaturated/α-hetero) is 1. The molecule has 45 heavy (non-hydrogen) atoms. The molecule has 2 heterocycles. The molecule has 13 heteroatoms. The van der Waals surface area contributed by atoms with E-state index in [1.807, 2.05) is 37.6 Å². The van der Waals surface area contributed by atoms with Crippen LogP contribution < -0.4 is 27.4 Å². The quantitative estimate of drug-likeness (QED) is 0.180. The van der Waals surface area contributed by atoms with Gasteiger partial charge in [-0.3, -0.25) is 19.2 Å². The molecule has 0 bridgehead atoms. The van der Waals surface area contributed by atoms with Crippen LogP contribution in [-0.4, -0.2) is 70.9 Å². The Balaban J connectivity index is 0.000000385. The standard InChI is InChI=1S/C24H36N4O4S.C8H14N2O2/c1-23(2,3)19(20(30)28-12-7-8-18(28)15-29)26-22(32)27-24(10-5-4-6-11-24)21(31)25-14-17-9-13-33-16-17;9-6(7(11)8(10)12)4-5-2-1-3-5/h9,13,15-16,18-19H,4-8,10-12,14H2,1-3H3,(H,25,31)(H2,26,27,32);5-6H,1-4,9H2,(H2,10,12). The minimum absolute atomic E-state index is 0.192. The van der Waals surface area contributed by atoms with Gasteiger partial charge in [-0.1, -0.05) is 59.3 Å². The number of hydrogen-bond donors (Lipinski definition) is 5. The Morgan fingerprint density at radius 3 is 2.29 bits per heavy atom. The highest BCUT2D eigenvalue weighted by Crippen LogP contribution is 2.31. The molecule has 0 aromatic carbocycles. The molecular formula is C32H50N6O6S. The lowest BCUT2D eigenvalue weighted by Gasteiger charge is -2.39. The molecule has 3 atom stereocenters. The third kappa shape index (κ3) is 10.1. The normalized spacial score (nSPS) is 20.8. The molecule has 1 saturated heterocycles. The molecule has 3 fully saturated rings. The highest BCUT2D eigenvalue weighted by molar-refractivity contribution is 7.07. The number of aldehydes is 1. The second-order valence-electron chi connectivity index (χ2n) is 13.6. The van der Waals surface area contributed by atoms with Gasteiger partial charge < -0.3 is 37.1 Å². The van der Waals surface area contributed by atoms with E-state index in [-0.39, 0.29) is 11.8 Å². The van der Waals surface area contributed by atoms with Crippen molar-refractivity contribution in [3.05, 3.63) is 22.4 Å². The van der Waals surface area contributed by atoms with E-state index in [1.54, 1.807) is 16.2 Å². The SMILES string of the molecule is CC(C)(C)C(NC(=O)NC1(C(=O)NCc2ccsc2)CCCCC1)C(=O)N1CCCC1C=O.NC(=O)C(=O)C(N)CC1CCC1. The van der Waals surface area contributed by atoms with E-state index in [0.717, 1.165) is 50.4 Å². The molecule has 3 unspecified atom stereocenters. The topological polar surface area (TPSA) is 194 Å². The number of nitrogens with two attached hydrogens (primary N) is 2. The second kappa shape index (κ2) is 16.3. The maximum absolute atomic E-state index is 13.3. The maximum Gasteiger partial charge on any atom is 0.316 e. The van der Waals surface area contributed by atoms with Crippen LogP contribution in [0, 0.1) is 11.3 Å². The van der Waals surface area contributed by atoms with Crippen molar-refractivity contribution >= 4 is 47.2 Å². The van der Waals surface area contributed by atoms with Crippen molar-refractivity contribution in [1.82, 2.24) is 20.9 Å². The van der Waals surface area contributed by atoms with Crippen molar-refractivity contribution in [1.29, 1.82) is 0 Å². The average molecular weight is 647 g/mol.